The van der Waals surface area contributed by atoms with Gasteiger partial charge in [0.25, 0.3) is 10.0 Å². The number of hydrogen-bond acceptors (Lipinski definition) is 5. The van der Waals surface area contributed by atoms with Gasteiger partial charge in [0.2, 0.25) is 20.1 Å². The number of ether oxygens (including phenoxy) is 1. The molecule has 196 valence electrons. The molecule has 1 atom stereocenters. The normalized spacial score (nSPS) is 23.2. The second-order valence-electron chi connectivity index (χ2n) is 7.81. The zero-order chi connectivity index (χ0) is 27.3. The van der Waals surface area contributed by atoms with Crippen LogP contribution in [-0.4, -0.2) is 44.0 Å². The number of hydrogen-bond donors (Lipinski definition) is 1. The van der Waals surface area contributed by atoms with Gasteiger partial charge in [-0.15, -0.1) is 0 Å². The van der Waals surface area contributed by atoms with Crippen LogP contribution in [0.15, 0.2) is 72.8 Å². The first-order valence-electron chi connectivity index (χ1n) is 9.82. The fourth-order valence-corrected chi connectivity index (χ4v) is 7.94. The van der Waals surface area contributed by atoms with Crippen molar-refractivity contribution in [2.45, 2.75) is 38.0 Å². The summed E-state index contributed by atoms with van der Waals surface area (Å²) in [6.45, 7) is 3.53. The van der Waals surface area contributed by atoms with Gasteiger partial charge in [0.1, 0.15) is 5.71 Å². The SMILES string of the molecule is COC1(NS(=O)(=O)c2ccc(C)cc2)C(Cl)=C(Cl)/C(=N\S(=O)(=O)c2ccc(C)cc2)C(Cl)(Cl)C1(Cl)Cl. The monoisotopic (exact) mass is 652 g/mol. The van der Waals surface area contributed by atoms with Crippen LogP contribution in [0.3, 0.4) is 0 Å². The summed E-state index contributed by atoms with van der Waals surface area (Å²) in [4.78, 5) is -0.394. The van der Waals surface area contributed by atoms with Gasteiger partial charge in [-0.2, -0.15) is 17.5 Å². The first-order chi connectivity index (χ1) is 16.4. The van der Waals surface area contributed by atoms with Gasteiger partial charge in [-0.1, -0.05) is 105 Å². The molecule has 1 aliphatic carbocycles. The van der Waals surface area contributed by atoms with Gasteiger partial charge < -0.3 is 4.74 Å². The Morgan fingerprint density at radius 3 is 1.69 bits per heavy atom. The average Bonchev–Trinajstić information content (AvgIpc) is 2.79. The molecule has 0 spiro atoms. The van der Waals surface area contributed by atoms with E-state index in [9.17, 15) is 16.8 Å². The fourth-order valence-electron chi connectivity index (χ4n) is 3.22. The molecule has 0 aromatic heterocycles. The van der Waals surface area contributed by atoms with Crippen molar-refractivity contribution in [3.05, 3.63) is 69.7 Å². The summed E-state index contributed by atoms with van der Waals surface area (Å²) in [7, 11) is -7.83. The molecule has 15 heteroatoms. The molecule has 0 bridgehead atoms. The molecule has 0 saturated carbocycles. The van der Waals surface area contributed by atoms with Crippen molar-refractivity contribution in [1.82, 2.24) is 4.72 Å². The van der Waals surface area contributed by atoms with E-state index in [-0.39, 0.29) is 9.79 Å². The van der Waals surface area contributed by atoms with Crippen molar-refractivity contribution in [2.24, 2.45) is 4.40 Å². The van der Waals surface area contributed by atoms with E-state index in [4.69, 9.17) is 74.3 Å². The van der Waals surface area contributed by atoms with Crippen LogP contribution in [0.4, 0.5) is 0 Å². The smallest absolute Gasteiger partial charge is 0.282 e. The Balaban J connectivity index is 2.24. The highest BCUT2D eigenvalue weighted by molar-refractivity contribution is 7.90. The first-order valence-corrected chi connectivity index (χ1v) is 15.0. The van der Waals surface area contributed by atoms with Gasteiger partial charge in [0.15, 0.2) is 4.33 Å². The van der Waals surface area contributed by atoms with Gasteiger partial charge in [-0.25, -0.2) is 8.42 Å². The Bertz CT molecular complexity index is 1460. The van der Waals surface area contributed by atoms with Crippen LogP contribution in [0.25, 0.3) is 0 Å². The highest BCUT2D eigenvalue weighted by atomic mass is 35.5. The van der Waals surface area contributed by atoms with Crippen molar-refractivity contribution in [3.8, 4) is 0 Å². The summed E-state index contributed by atoms with van der Waals surface area (Å²) >= 11 is 38.9. The second-order valence-corrected chi connectivity index (χ2v) is 14.5. The topological polar surface area (TPSA) is 102 Å². The van der Waals surface area contributed by atoms with Crippen molar-refractivity contribution in [1.29, 1.82) is 0 Å². The summed E-state index contributed by atoms with van der Waals surface area (Å²) in [5.41, 5.74) is -1.69. The number of allylic oxidation sites excluding steroid dienone is 1. The number of nitrogens with one attached hydrogen (secondary N) is 1. The fraction of sp³-hybridized carbons (Fsp3) is 0.286. The third-order valence-corrected chi connectivity index (χ3v) is 11.4. The van der Waals surface area contributed by atoms with E-state index >= 15 is 0 Å². The molecule has 3 rings (SSSR count). The maximum atomic E-state index is 13.2. The van der Waals surface area contributed by atoms with Crippen LogP contribution in [-0.2, 0) is 24.8 Å². The summed E-state index contributed by atoms with van der Waals surface area (Å²) in [5, 5.41) is -1.29. The second kappa shape index (κ2) is 10.2. The zero-order valence-corrected chi connectivity index (χ0v) is 24.9. The highest BCUT2D eigenvalue weighted by Crippen LogP contribution is 2.59. The summed E-state index contributed by atoms with van der Waals surface area (Å²) in [6, 6.07) is 11.5. The van der Waals surface area contributed by atoms with E-state index in [0.29, 0.717) is 0 Å². The van der Waals surface area contributed by atoms with Crippen LogP contribution < -0.4 is 4.72 Å². The van der Waals surface area contributed by atoms with Crippen molar-refractivity contribution < 1.29 is 21.6 Å². The van der Waals surface area contributed by atoms with E-state index < -0.39 is 50.2 Å². The quantitative estimate of drug-likeness (QED) is 0.313. The number of alkyl halides is 4. The van der Waals surface area contributed by atoms with Gasteiger partial charge in [0, 0.05) is 7.11 Å². The Morgan fingerprint density at radius 2 is 1.25 bits per heavy atom. The Morgan fingerprint density at radius 1 is 0.806 bits per heavy atom. The number of benzene rings is 2. The number of sulfonamides is 2. The summed E-state index contributed by atoms with van der Waals surface area (Å²) in [6.07, 6.45) is 0. The van der Waals surface area contributed by atoms with Crippen LogP contribution in [0.1, 0.15) is 11.1 Å². The Kier molecular flexibility index (Phi) is 8.48. The maximum absolute atomic E-state index is 13.2. The lowest BCUT2D eigenvalue weighted by Crippen LogP contribution is -2.70. The number of halogens is 6. The van der Waals surface area contributed by atoms with E-state index in [1.54, 1.807) is 38.1 Å². The largest absolute Gasteiger partial charge is 0.355 e. The van der Waals surface area contributed by atoms with Gasteiger partial charge in [0.05, 0.1) is 19.9 Å². The lowest BCUT2D eigenvalue weighted by molar-refractivity contribution is 0.00220. The van der Waals surface area contributed by atoms with Gasteiger partial charge >= 0.3 is 0 Å². The average molecular weight is 655 g/mol. The molecule has 7 nitrogen and oxygen atoms in total. The molecule has 1 unspecified atom stereocenters. The summed E-state index contributed by atoms with van der Waals surface area (Å²) in [5.74, 6) is 0. The molecule has 2 aromatic rings. The molecule has 1 N–H and O–H groups in total. The van der Waals surface area contributed by atoms with Gasteiger partial charge in [-0.05, 0) is 38.1 Å². The van der Waals surface area contributed by atoms with E-state index in [1.165, 1.54) is 24.3 Å². The number of aryl methyl sites for hydroxylation is 2. The number of methoxy groups -OCH3 is 1. The lowest BCUT2D eigenvalue weighted by Gasteiger charge is -2.50. The standard InChI is InChI=1S/C21H18Cl6N2O5S2/c1-12-4-8-14(9-5-12)35(30,31)28-18-16(22)17(23)20(34-3,21(26,27)19(18,24)25)29-36(32,33)15-10-6-13(2)7-11-15/h4-11,29H,1-3H3/b28-18+. The Hall–Kier alpha value is -0.590. The third kappa shape index (κ3) is 5.04. The number of rotatable bonds is 6. The van der Waals surface area contributed by atoms with Crippen LogP contribution in [0.5, 0.6) is 0 Å². The third-order valence-electron chi connectivity index (χ3n) is 5.29. The summed E-state index contributed by atoms with van der Waals surface area (Å²) < 4.78 is 58.2. The van der Waals surface area contributed by atoms with E-state index in [0.717, 1.165) is 18.2 Å². The molecule has 0 heterocycles. The van der Waals surface area contributed by atoms with Crippen LogP contribution in [0.2, 0.25) is 0 Å². The molecular weight excluding hydrogens is 637 g/mol. The molecule has 0 amide bonds. The lowest BCUT2D eigenvalue weighted by atomic mass is 9.95. The molecule has 0 aliphatic heterocycles. The predicted octanol–water partition coefficient (Wildman–Crippen LogP) is 5.80. The zero-order valence-electron chi connectivity index (χ0n) is 18.7. The molecule has 2 aromatic carbocycles. The molecule has 36 heavy (non-hydrogen) atoms. The first kappa shape index (κ1) is 30.0. The van der Waals surface area contributed by atoms with Crippen LogP contribution >= 0.6 is 69.6 Å². The van der Waals surface area contributed by atoms with E-state index in [2.05, 4.69) is 9.12 Å². The van der Waals surface area contributed by atoms with Crippen molar-refractivity contribution in [3.63, 3.8) is 0 Å². The molecule has 1 aliphatic rings. The molecule has 0 fully saturated rings. The van der Waals surface area contributed by atoms with Crippen molar-refractivity contribution >= 4 is 95.4 Å². The minimum absolute atomic E-state index is 0.189. The minimum atomic E-state index is -4.44. The highest BCUT2D eigenvalue weighted by Gasteiger charge is 2.71. The Labute approximate surface area is 239 Å². The van der Waals surface area contributed by atoms with Crippen LogP contribution in [0, 0.1) is 13.8 Å². The van der Waals surface area contributed by atoms with Crippen molar-refractivity contribution in [2.75, 3.05) is 7.11 Å². The number of nitrogens with zero attached hydrogens (tertiary/aromatic N) is 1. The molecular formula is C21H18Cl6N2O5S2. The minimum Gasteiger partial charge on any atom is -0.355 e. The maximum Gasteiger partial charge on any atom is 0.282 e. The molecule has 0 saturated heterocycles. The van der Waals surface area contributed by atoms with E-state index in [1.807, 2.05) is 0 Å². The predicted molar refractivity (Wildman–Crippen MR) is 145 cm³/mol. The molecule has 0 radical (unpaired) electrons. The van der Waals surface area contributed by atoms with Gasteiger partial charge in [-0.3, -0.25) is 0 Å².